The SMILES string of the molecule is CCc1sc(N)[nH+]c1-c1ccccc1. The molecular weight excluding hydrogens is 192 g/mol. The van der Waals surface area contributed by atoms with Gasteiger partial charge < -0.3 is 0 Å². The highest BCUT2D eigenvalue weighted by Crippen LogP contribution is 2.25. The Kier molecular flexibility index (Phi) is 2.50. The molecule has 2 nitrogen and oxygen atoms in total. The molecule has 1 aromatic heterocycles. The summed E-state index contributed by atoms with van der Waals surface area (Å²) in [5, 5.41) is 0.778. The van der Waals surface area contributed by atoms with Gasteiger partial charge in [-0.1, -0.05) is 48.6 Å². The van der Waals surface area contributed by atoms with Crippen molar-refractivity contribution in [1.82, 2.24) is 0 Å². The van der Waals surface area contributed by atoms with E-state index in [0.29, 0.717) is 0 Å². The molecule has 0 aliphatic carbocycles. The van der Waals surface area contributed by atoms with E-state index in [-0.39, 0.29) is 0 Å². The fraction of sp³-hybridized carbons (Fsp3) is 0.182. The number of hydrogen-bond donors (Lipinski definition) is 1. The van der Waals surface area contributed by atoms with E-state index in [4.69, 9.17) is 5.73 Å². The Morgan fingerprint density at radius 2 is 2.00 bits per heavy atom. The summed E-state index contributed by atoms with van der Waals surface area (Å²) in [6.07, 6.45) is 1.02. The lowest BCUT2D eigenvalue weighted by molar-refractivity contribution is -0.341. The minimum absolute atomic E-state index is 0.778. The van der Waals surface area contributed by atoms with Crippen LogP contribution in [0.25, 0.3) is 11.3 Å². The molecule has 0 amide bonds. The van der Waals surface area contributed by atoms with E-state index in [9.17, 15) is 0 Å². The Balaban J connectivity index is 2.51. The normalized spacial score (nSPS) is 10.4. The molecule has 3 N–H and O–H groups in total. The summed E-state index contributed by atoms with van der Waals surface area (Å²) in [5.41, 5.74) is 8.12. The van der Waals surface area contributed by atoms with Crippen LogP contribution in [-0.2, 0) is 6.42 Å². The maximum Gasteiger partial charge on any atom is 0.330 e. The number of nitrogens with one attached hydrogen (secondary N) is 1. The van der Waals surface area contributed by atoms with Gasteiger partial charge in [0.25, 0.3) is 0 Å². The van der Waals surface area contributed by atoms with E-state index < -0.39 is 0 Å². The maximum atomic E-state index is 5.76. The van der Waals surface area contributed by atoms with Crippen LogP contribution in [0.15, 0.2) is 30.3 Å². The van der Waals surface area contributed by atoms with Crippen molar-refractivity contribution < 1.29 is 4.98 Å². The molecule has 1 aromatic carbocycles. The maximum absolute atomic E-state index is 5.76. The first kappa shape index (κ1) is 9.21. The lowest BCUT2D eigenvalue weighted by atomic mass is 10.1. The lowest BCUT2D eigenvalue weighted by Gasteiger charge is -1.96. The van der Waals surface area contributed by atoms with Gasteiger partial charge in [0.05, 0.1) is 4.88 Å². The van der Waals surface area contributed by atoms with E-state index >= 15 is 0 Å². The van der Waals surface area contributed by atoms with Crippen LogP contribution in [0.5, 0.6) is 0 Å². The number of hydrogen-bond acceptors (Lipinski definition) is 2. The van der Waals surface area contributed by atoms with Gasteiger partial charge >= 0.3 is 5.13 Å². The van der Waals surface area contributed by atoms with Gasteiger partial charge in [-0.25, -0.2) is 4.98 Å². The average molecular weight is 205 g/mol. The highest BCUT2D eigenvalue weighted by molar-refractivity contribution is 7.15. The first-order chi connectivity index (χ1) is 6.81. The van der Waals surface area contributed by atoms with E-state index in [1.165, 1.54) is 10.4 Å². The van der Waals surface area contributed by atoms with Crippen molar-refractivity contribution in [2.75, 3.05) is 5.73 Å². The van der Waals surface area contributed by atoms with Crippen molar-refractivity contribution in [3.63, 3.8) is 0 Å². The number of benzene rings is 1. The molecule has 2 aromatic rings. The van der Waals surface area contributed by atoms with Gasteiger partial charge in [0.15, 0.2) is 0 Å². The predicted octanol–water partition coefficient (Wildman–Crippen LogP) is 2.37. The fourth-order valence-corrected chi connectivity index (χ4v) is 2.32. The minimum Gasteiger partial charge on any atom is -0.278 e. The third kappa shape index (κ3) is 1.63. The largest absolute Gasteiger partial charge is 0.330 e. The zero-order valence-corrected chi connectivity index (χ0v) is 8.90. The zero-order chi connectivity index (χ0) is 9.97. The number of aryl methyl sites for hydroxylation is 1. The van der Waals surface area contributed by atoms with Crippen molar-refractivity contribution in [3.8, 4) is 11.3 Å². The summed E-state index contributed by atoms with van der Waals surface area (Å²) < 4.78 is 0. The van der Waals surface area contributed by atoms with Crippen LogP contribution in [0.3, 0.4) is 0 Å². The molecule has 0 unspecified atom stereocenters. The first-order valence-corrected chi connectivity index (χ1v) is 5.48. The first-order valence-electron chi connectivity index (χ1n) is 4.67. The summed E-state index contributed by atoms with van der Waals surface area (Å²) in [4.78, 5) is 4.52. The highest BCUT2D eigenvalue weighted by Gasteiger charge is 2.13. The van der Waals surface area contributed by atoms with Crippen LogP contribution < -0.4 is 10.7 Å². The van der Waals surface area contributed by atoms with Crippen LogP contribution in [0.1, 0.15) is 11.8 Å². The number of rotatable bonds is 2. The second-order valence-electron chi connectivity index (χ2n) is 3.11. The Morgan fingerprint density at radius 3 is 2.64 bits per heavy atom. The average Bonchev–Trinajstić information content (AvgIpc) is 2.61. The summed E-state index contributed by atoms with van der Waals surface area (Å²) in [6, 6.07) is 10.3. The molecule has 3 heteroatoms. The number of nitrogen functional groups attached to an aromatic ring is 1. The molecule has 0 radical (unpaired) electrons. The van der Waals surface area contributed by atoms with Gasteiger partial charge in [-0.05, 0) is 6.42 Å². The molecule has 0 spiro atoms. The van der Waals surface area contributed by atoms with E-state index in [2.05, 4.69) is 24.0 Å². The molecule has 0 aliphatic heterocycles. The molecule has 14 heavy (non-hydrogen) atoms. The molecule has 0 saturated carbocycles. The quantitative estimate of drug-likeness (QED) is 0.803. The van der Waals surface area contributed by atoms with Crippen LogP contribution in [0.4, 0.5) is 5.13 Å². The minimum atomic E-state index is 0.778. The van der Waals surface area contributed by atoms with Gasteiger partial charge in [0, 0.05) is 5.56 Å². The highest BCUT2D eigenvalue weighted by atomic mass is 32.1. The molecule has 0 saturated heterocycles. The molecule has 0 bridgehead atoms. The van der Waals surface area contributed by atoms with Crippen molar-refractivity contribution in [1.29, 1.82) is 0 Å². The third-order valence-electron chi connectivity index (χ3n) is 2.14. The summed E-state index contributed by atoms with van der Waals surface area (Å²) in [7, 11) is 0. The van der Waals surface area contributed by atoms with Crippen LogP contribution in [0, 0.1) is 0 Å². The van der Waals surface area contributed by atoms with Gasteiger partial charge in [-0.3, -0.25) is 5.73 Å². The van der Waals surface area contributed by atoms with Crippen LogP contribution in [0.2, 0.25) is 0 Å². The second-order valence-corrected chi connectivity index (χ2v) is 4.25. The van der Waals surface area contributed by atoms with Crippen molar-refractivity contribution in [2.24, 2.45) is 0 Å². The fourth-order valence-electron chi connectivity index (χ4n) is 1.49. The molecule has 1 heterocycles. The van der Waals surface area contributed by atoms with Gasteiger partial charge in [-0.15, -0.1) is 0 Å². The van der Waals surface area contributed by atoms with E-state index in [0.717, 1.165) is 17.2 Å². The number of H-pyrrole nitrogens is 1. The molecular formula is C11H13N2S+. The number of nitrogens with two attached hydrogens (primary N) is 1. The molecule has 2 rings (SSSR count). The third-order valence-corrected chi connectivity index (χ3v) is 3.20. The number of aromatic amines is 1. The zero-order valence-electron chi connectivity index (χ0n) is 8.08. The Hall–Kier alpha value is -1.35. The number of thiazole rings is 1. The lowest BCUT2D eigenvalue weighted by Crippen LogP contribution is -2.07. The summed E-state index contributed by atoms with van der Waals surface area (Å²) in [5.74, 6) is 0. The van der Waals surface area contributed by atoms with Crippen LogP contribution >= 0.6 is 11.3 Å². The van der Waals surface area contributed by atoms with E-state index in [1.54, 1.807) is 11.3 Å². The molecule has 0 aliphatic rings. The Morgan fingerprint density at radius 1 is 1.29 bits per heavy atom. The Labute approximate surface area is 87.4 Å². The smallest absolute Gasteiger partial charge is 0.278 e. The van der Waals surface area contributed by atoms with Gasteiger partial charge in [-0.2, -0.15) is 0 Å². The van der Waals surface area contributed by atoms with Crippen molar-refractivity contribution >= 4 is 16.5 Å². The summed E-state index contributed by atoms with van der Waals surface area (Å²) in [6.45, 7) is 2.14. The van der Waals surface area contributed by atoms with Gasteiger partial charge in [0.2, 0.25) is 0 Å². The van der Waals surface area contributed by atoms with Gasteiger partial charge in [0.1, 0.15) is 5.69 Å². The monoisotopic (exact) mass is 205 g/mol. The predicted molar refractivity (Wildman–Crippen MR) is 60.1 cm³/mol. The molecule has 0 fully saturated rings. The van der Waals surface area contributed by atoms with E-state index in [1.807, 2.05) is 18.2 Å². The number of aromatic nitrogens is 1. The van der Waals surface area contributed by atoms with Crippen molar-refractivity contribution in [3.05, 3.63) is 35.2 Å². The standard InChI is InChI=1S/C11H12N2S/c1-2-9-10(13-11(12)14-9)8-6-4-3-5-7-8/h3-7H,2H2,1H3,(H2,12,13)/p+1. The van der Waals surface area contributed by atoms with Crippen LogP contribution in [-0.4, -0.2) is 0 Å². The second kappa shape index (κ2) is 3.80. The molecule has 0 atom stereocenters. The molecule has 72 valence electrons. The summed E-state index contributed by atoms with van der Waals surface area (Å²) >= 11 is 1.63. The Bertz CT molecular complexity index is 420. The van der Waals surface area contributed by atoms with Crippen molar-refractivity contribution in [2.45, 2.75) is 13.3 Å². The topological polar surface area (TPSA) is 40.2 Å². The number of anilines is 1.